The molecule has 2 heterocycles. The lowest BCUT2D eigenvalue weighted by Gasteiger charge is -2.31. The SMILES string of the molecule is N#Cc1c(F)c(F)c(-c2ccc(C3Cc4ccc(-c5nc6ccccc6o5)cc4-c4cc(-c5nc6ccccc6o5)ccc43)c(-c3ccccc3)c2)c(F)c1F. The third-order valence-corrected chi connectivity index (χ3v) is 10.5. The first-order valence-electron chi connectivity index (χ1n) is 17.8. The van der Waals surface area contributed by atoms with Crippen molar-refractivity contribution in [2.75, 3.05) is 0 Å². The Kier molecular flexibility index (Phi) is 7.68. The molecule has 1 aliphatic rings. The summed E-state index contributed by atoms with van der Waals surface area (Å²) >= 11 is 0. The van der Waals surface area contributed by atoms with Crippen LogP contribution in [0.15, 0.2) is 142 Å². The highest BCUT2D eigenvalue weighted by Crippen LogP contribution is 2.48. The molecule has 9 heteroatoms. The van der Waals surface area contributed by atoms with Gasteiger partial charge in [0.1, 0.15) is 22.7 Å². The third kappa shape index (κ3) is 5.29. The number of aromatic nitrogens is 2. The molecular weight excluding hydrogens is 715 g/mol. The van der Waals surface area contributed by atoms with Crippen LogP contribution in [0.3, 0.4) is 0 Å². The Labute approximate surface area is 316 Å². The van der Waals surface area contributed by atoms with Gasteiger partial charge in [-0.15, -0.1) is 0 Å². The maximum atomic E-state index is 15.4. The van der Waals surface area contributed by atoms with Gasteiger partial charge in [-0.3, -0.25) is 0 Å². The lowest BCUT2D eigenvalue weighted by Crippen LogP contribution is -2.14. The van der Waals surface area contributed by atoms with Crippen molar-refractivity contribution < 1.29 is 26.4 Å². The zero-order valence-corrected chi connectivity index (χ0v) is 29.2. The second kappa shape index (κ2) is 12.9. The van der Waals surface area contributed by atoms with E-state index in [9.17, 15) is 14.0 Å². The number of nitrogens with zero attached hydrogens (tertiary/aromatic N) is 3. The predicted octanol–water partition coefficient (Wildman–Crippen LogP) is 12.4. The molecule has 0 saturated heterocycles. The van der Waals surface area contributed by atoms with Crippen LogP contribution < -0.4 is 0 Å². The molecule has 0 N–H and O–H groups in total. The minimum atomic E-state index is -1.74. The minimum absolute atomic E-state index is 0.0735. The minimum Gasteiger partial charge on any atom is -0.436 e. The normalized spacial score (nSPS) is 13.4. The molecule has 0 saturated carbocycles. The van der Waals surface area contributed by atoms with E-state index in [1.807, 2.05) is 97.1 Å². The summed E-state index contributed by atoms with van der Waals surface area (Å²) in [4.78, 5) is 9.50. The second-order valence-electron chi connectivity index (χ2n) is 13.7. The van der Waals surface area contributed by atoms with Crippen molar-refractivity contribution in [1.29, 1.82) is 5.26 Å². The number of hydrogen-bond donors (Lipinski definition) is 0. The maximum absolute atomic E-state index is 15.4. The first-order chi connectivity index (χ1) is 27.4. The molecule has 7 aromatic carbocycles. The van der Waals surface area contributed by atoms with Gasteiger partial charge in [-0.05, 0) is 106 Å². The van der Waals surface area contributed by atoms with Gasteiger partial charge in [0.05, 0.1) is 5.56 Å². The molecule has 1 aliphatic carbocycles. The predicted molar refractivity (Wildman–Crippen MR) is 205 cm³/mol. The molecule has 9 aromatic rings. The largest absolute Gasteiger partial charge is 0.436 e. The topological polar surface area (TPSA) is 75.8 Å². The second-order valence-corrected chi connectivity index (χ2v) is 13.7. The van der Waals surface area contributed by atoms with Gasteiger partial charge in [0.2, 0.25) is 11.8 Å². The maximum Gasteiger partial charge on any atom is 0.227 e. The van der Waals surface area contributed by atoms with E-state index in [0.717, 1.165) is 55.5 Å². The first-order valence-corrected chi connectivity index (χ1v) is 17.8. The van der Waals surface area contributed by atoms with E-state index in [1.54, 1.807) is 12.1 Å². The van der Waals surface area contributed by atoms with E-state index in [1.165, 1.54) is 12.1 Å². The lowest BCUT2D eigenvalue weighted by atomic mass is 9.73. The third-order valence-electron chi connectivity index (χ3n) is 10.5. The smallest absolute Gasteiger partial charge is 0.227 e. The van der Waals surface area contributed by atoms with E-state index in [2.05, 4.69) is 18.2 Å². The average Bonchev–Trinajstić information content (AvgIpc) is 3.88. The van der Waals surface area contributed by atoms with E-state index in [0.29, 0.717) is 34.9 Å². The Morgan fingerprint density at radius 3 is 1.64 bits per heavy atom. The van der Waals surface area contributed by atoms with Gasteiger partial charge in [0, 0.05) is 17.0 Å². The van der Waals surface area contributed by atoms with Crippen molar-refractivity contribution in [2.45, 2.75) is 12.3 Å². The van der Waals surface area contributed by atoms with Crippen LogP contribution in [0.4, 0.5) is 17.6 Å². The van der Waals surface area contributed by atoms with Crippen LogP contribution in [0.2, 0.25) is 0 Å². The summed E-state index contributed by atoms with van der Waals surface area (Å²) in [6, 6.07) is 42.6. The summed E-state index contributed by atoms with van der Waals surface area (Å²) in [5.41, 5.74) is 8.25. The summed E-state index contributed by atoms with van der Waals surface area (Å²) in [6.45, 7) is 0. The Morgan fingerprint density at radius 1 is 0.518 bits per heavy atom. The zero-order chi connectivity index (χ0) is 38.1. The van der Waals surface area contributed by atoms with Gasteiger partial charge < -0.3 is 8.83 Å². The van der Waals surface area contributed by atoms with Gasteiger partial charge in [-0.1, -0.05) is 78.9 Å². The molecule has 0 fully saturated rings. The monoisotopic (exact) mass is 739 g/mol. The number of fused-ring (bicyclic) bond motifs is 5. The van der Waals surface area contributed by atoms with Crippen LogP contribution >= 0.6 is 0 Å². The van der Waals surface area contributed by atoms with E-state index < -0.39 is 34.4 Å². The Hall–Kier alpha value is -7.31. The van der Waals surface area contributed by atoms with Crippen molar-refractivity contribution in [3.05, 3.63) is 179 Å². The highest BCUT2D eigenvalue weighted by molar-refractivity contribution is 5.86. The van der Waals surface area contributed by atoms with Gasteiger partial charge in [0.25, 0.3) is 0 Å². The standard InChI is InChI=1S/C47H25F4N3O2/c48-42-36(24-52)43(49)45(51)41(44(42)50)27-16-18-30(32(21-27)25-8-2-1-3-9-25)34-20-26-14-15-28(46-53-37-10-4-6-12-39(37)55-46)22-33(26)35-23-29(17-19-31(34)35)47-54-38-11-5-7-13-40(38)56-47/h1-19,21-23,34H,20H2. The Balaban J connectivity index is 1.17. The van der Waals surface area contributed by atoms with Crippen molar-refractivity contribution in [2.24, 2.45) is 0 Å². The summed E-state index contributed by atoms with van der Waals surface area (Å²) in [6.07, 6.45) is 0.556. The number of benzene rings is 7. The molecule has 0 aliphatic heterocycles. The van der Waals surface area contributed by atoms with Gasteiger partial charge in [-0.2, -0.15) is 5.26 Å². The lowest BCUT2D eigenvalue weighted by molar-refractivity contribution is 0.454. The van der Waals surface area contributed by atoms with Crippen molar-refractivity contribution in [3.63, 3.8) is 0 Å². The quantitative estimate of drug-likeness (QED) is 0.130. The summed E-state index contributed by atoms with van der Waals surface area (Å²) in [7, 11) is 0. The number of halogens is 4. The Bertz CT molecular complexity index is 3000. The number of hydrogen-bond acceptors (Lipinski definition) is 5. The molecule has 10 rings (SSSR count). The highest BCUT2D eigenvalue weighted by atomic mass is 19.2. The van der Waals surface area contributed by atoms with Crippen LogP contribution in [-0.2, 0) is 6.42 Å². The molecule has 1 atom stereocenters. The molecule has 0 spiro atoms. The molecule has 0 radical (unpaired) electrons. The molecule has 2 aromatic heterocycles. The zero-order valence-electron chi connectivity index (χ0n) is 29.2. The fourth-order valence-corrected chi connectivity index (χ4v) is 7.83. The van der Waals surface area contributed by atoms with Gasteiger partial charge >= 0.3 is 0 Å². The average molecular weight is 740 g/mol. The number of oxazole rings is 2. The van der Waals surface area contributed by atoms with Crippen LogP contribution in [0.5, 0.6) is 0 Å². The molecule has 0 bridgehead atoms. The highest BCUT2D eigenvalue weighted by Gasteiger charge is 2.31. The number of nitriles is 1. The van der Waals surface area contributed by atoms with E-state index in [4.69, 9.17) is 18.8 Å². The molecule has 268 valence electrons. The van der Waals surface area contributed by atoms with Crippen LogP contribution in [0.1, 0.15) is 28.2 Å². The van der Waals surface area contributed by atoms with Gasteiger partial charge in [-0.25, -0.2) is 27.5 Å². The molecule has 5 nitrogen and oxygen atoms in total. The molecule has 0 amide bonds. The van der Waals surface area contributed by atoms with Crippen LogP contribution in [0, 0.1) is 34.6 Å². The molecule has 1 unspecified atom stereocenters. The molecular formula is C47H25F4N3O2. The van der Waals surface area contributed by atoms with Crippen LogP contribution in [0.25, 0.3) is 78.5 Å². The van der Waals surface area contributed by atoms with Crippen molar-refractivity contribution >= 4 is 22.2 Å². The summed E-state index contributed by atoms with van der Waals surface area (Å²) < 4.78 is 72.9. The van der Waals surface area contributed by atoms with Gasteiger partial charge in [0.15, 0.2) is 34.4 Å². The van der Waals surface area contributed by atoms with Crippen molar-refractivity contribution in [3.8, 4) is 62.4 Å². The van der Waals surface area contributed by atoms with E-state index >= 15 is 8.78 Å². The number of rotatable bonds is 5. The fraction of sp³-hybridized carbons (Fsp3) is 0.0426. The molecule has 56 heavy (non-hydrogen) atoms. The number of para-hydroxylation sites is 4. The fourth-order valence-electron chi connectivity index (χ4n) is 7.83. The van der Waals surface area contributed by atoms with Crippen molar-refractivity contribution in [1.82, 2.24) is 9.97 Å². The van der Waals surface area contributed by atoms with E-state index in [-0.39, 0.29) is 11.5 Å². The summed E-state index contributed by atoms with van der Waals surface area (Å²) in [5, 5.41) is 9.17. The first kappa shape index (κ1) is 33.3. The Morgan fingerprint density at radius 2 is 1.04 bits per heavy atom. The summed E-state index contributed by atoms with van der Waals surface area (Å²) in [5.74, 6) is -6.05. The van der Waals surface area contributed by atoms with Crippen LogP contribution in [-0.4, -0.2) is 9.97 Å².